The van der Waals surface area contributed by atoms with Gasteiger partial charge in [-0.1, -0.05) is 47.5 Å². The number of carbonyl (C=O) groups is 2. The molecule has 6 heteroatoms. The third-order valence-electron chi connectivity index (χ3n) is 3.16. The van der Waals surface area contributed by atoms with E-state index in [0.29, 0.717) is 23.0 Å². The Labute approximate surface area is 144 Å². The van der Waals surface area contributed by atoms with Crippen molar-refractivity contribution < 1.29 is 9.59 Å². The summed E-state index contributed by atoms with van der Waals surface area (Å²) in [4.78, 5) is 23.4. The molecule has 2 aromatic rings. The summed E-state index contributed by atoms with van der Waals surface area (Å²) in [6.45, 7) is 0.634. The molecule has 0 bridgehead atoms. The standard InChI is InChI=1S/C17H16Cl2N2O2/c18-14-6-4-12(5-7-14)8-9-20-16(22)17(23)21-11-13-2-1-3-15(19)10-13/h1-7,10H,8-9,11H2,(H,20,22)(H,21,23). The molecule has 0 saturated carbocycles. The summed E-state index contributed by atoms with van der Waals surface area (Å²) in [5.74, 6) is -1.32. The molecule has 0 aromatic heterocycles. The number of benzene rings is 2. The number of nitrogens with one attached hydrogen (secondary N) is 2. The molecule has 2 N–H and O–H groups in total. The highest BCUT2D eigenvalue weighted by molar-refractivity contribution is 6.35. The summed E-state index contributed by atoms with van der Waals surface area (Å²) < 4.78 is 0. The third-order valence-corrected chi connectivity index (χ3v) is 3.65. The van der Waals surface area contributed by atoms with E-state index in [-0.39, 0.29) is 6.54 Å². The van der Waals surface area contributed by atoms with Crippen molar-refractivity contribution in [3.63, 3.8) is 0 Å². The van der Waals surface area contributed by atoms with Crippen LogP contribution in [-0.4, -0.2) is 18.4 Å². The van der Waals surface area contributed by atoms with Crippen molar-refractivity contribution in [2.75, 3.05) is 6.54 Å². The molecule has 2 amide bonds. The van der Waals surface area contributed by atoms with Gasteiger partial charge in [0.2, 0.25) is 0 Å². The SMILES string of the molecule is O=C(NCCc1ccc(Cl)cc1)C(=O)NCc1cccc(Cl)c1. The van der Waals surface area contributed by atoms with E-state index in [4.69, 9.17) is 23.2 Å². The van der Waals surface area contributed by atoms with Gasteiger partial charge in [-0.3, -0.25) is 9.59 Å². The first kappa shape index (κ1) is 17.3. The molecule has 0 aliphatic rings. The first-order chi connectivity index (χ1) is 11.0. The lowest BCUT2D eigenvalue weighted by atomic mass is 10.1. The molecule has 0 spiro atoms. The van der Waals surface area contributed by atoms with Gasteiger partial charge in [-0.2, -0.15) is 0 Å². The first-order valence-electron chi connectivity index (χ1n) is 7.09. The monoisotopic (exact) mass is 350 g/mol. The zero-order valence-corrected chi connectivity index (χ0v) is 13.8. The minimum atomic E-state index is -0.666. The molecule has 0 atom stereocenters. The molecule has 0 unspecified atom stereocenters. The van der Waals surface area contributed by atoms with E-state index in [2.05, 4.69) is 10.6 Å². The number of carbonyl (C=O) groups excluding carboxylic acids is 2. The molecule has 2 aromatic carbocycles. The summed E-state index contributed by atoms with van der Waals surface area (Å²) in [5, 5.41) is 6.39. The van der Waals surface area contributed by atoms with Crippen LogP contribution in [0.25, 0.3) is 0 Å². The summed E-state index contributed by atoms with van der Waals surface area (Å²) in [5.41, 5.74) is 1.87. The topological polar surface area (TPSA) is 58.2 Å². The van der Waals surface area contributed by atoms with Crippen LogP contribution in [0.5, 0.6) is 0 Å². The van der Waals surface area contributed by atoms with Gasteiger partial charge < -0.3 is 10.6 Å². The van der Waals surface area contributed by atoms with E-state index in [1.54, 1.807) is 30.3 Å². The lowest BCUT2D eigenvalue weighted by Crippen LogP contribution is -2.40. The van der Waals surface area contributed by atoms with E-state index in [0.717, 1.165) is 11.1 Å². The third kappa shape index (κ3) is 5.93. The maximum atomic E-state index is 11.7. The Hall–Kier alpha value is -2.04. The van der Waals surface area contributed by atoms with Crippen molar-refractivity contribution in [1.82, 2.24) is 10.6 Å². The average Bonchev–Trinajstić information content (AvgIpc) is 2.54. The molecule has 4 nitrogen and oxygen atoms in total. The van der Waals surface area contributed by atoms with Gasteiger partial charge in [-0.15, -0.1) is 0 Å². The minimum absolute atomic E-state index is 0.254. The van der Waals surface area contributed by atoms with Crippen LogP contribution in [0.15, 0.2) is 48.5 Å². The lowest BCUT2D eigenvalue weighted by Gasteiger charge is -2.07. The lowest BCUT2D eigenvalue weighted by molar-refractivity contribution is -0.139. The van der Waals surface area contributed by atoms with Gasteiger partial charge in [-0.05, 0) is 41.8 Å². The van der Waals surface area contributed by atoms with Gasteiger partial charge in [0.15, 0.2) is 0 Å². The molecule has 0 radical (unpaired) electrons. The maximum Gasteiger partial charge on any atom is 0.309 e. The van der Waals surface area contributed by atoms with Gasteiger partial charge >= 0.3 is 11.8 Å². The Morgan fingerprint density at radius 1 is 0.826 bits per heavy atom. The second-order valence-electron chi connectivity index (χ2n) is 4.94. The fourth-order valence-corrected chi connectivity index (χ4v) is 2.30. The Bertz CT molecular complexity index is 687. The molecule has 0 aliphatic carbocycles. The largest absolute Gasteiger partial charge is 0.348 e. The van der Waals surface area contributed by atoms with Crippen LogP contribution in [0, 0.1) is 0 Å². The molecule has 0 fully saturated rings. The second kappa shape index (κ2) is 8.56. The van der Waals surface area contributed by atoms with E-state index in [1.807, 2.05) is 18.2 Å². The first-order valence-corrected chi connectivity index (χ1v) is 7.85. The van der Waals surface area contributed by atoms with Crippen LogP contribution < -0.4 is 10.6 Å². The van der Waals surface area contributed by atoms with Crippen LogP contribution in [0.1, 0.15) is 11.1 Å². The van der Waals surface area contributed by atoms with E-state index in [1.165, 1.54) is 0 Å². The number of hydrogen-bond donors (Lipinski definition) is 2. The normalized spacial score (nSPS) is 10.2. The van der Waals surface area contributed by atoms with Gasteiger partial charge in [0.05, 0.1) is 0 Å². The van der Waals surface area contributed by atoms with Crippen molar-refractivity contribution in [2.24, 2.45) is 0 Å². The van der Waals surface area contributed by atoms with Crippen molar-refractivity contribution in [2.45, 2.75) is 13.0 Å². The Morgan fingerprint density at radius 3 is 2.22 bits per heavy atom. The average molecular weight is 351 g/mol. The molecule has 0 heterocycles. The van der Waals surface area contributed by atoms with Crippen molar-refractivity contribution in [3.8, 4) is 0 Å². The van der Waals surface area contributed by atoms with Gasteiger partial charge in [0.1, 0.15) is 0 Å². The Morgan fingerprint density at radius 2 is 1.52 bits per heavy atom. The summed E-state index contributed by atoms with van der Waals surface area (Å²) in [6.07, 6.45) is 0.629. The number of rotatable bonds is 5. The highest BCUT2D eigenvalue weighted by Crippen LogP contribution is 2.10. The summed E-state index contributed by atoms with van der Waals surface area (Å²) in [6, 6.07) is 14.4. The second-order valence-corrected chi connectivity index (χ2v) is 5.82. The van der Waals surface area contributed by atoms with E-state index >= 15 is 0 Å². The van der Waals surface area contributed by atoms with Crippen LogP contribution in [0.2, 0.25) is 10.0 Å². The highest BCUT2D eigenvalue weighted by Gasteiger charge is 2.12. The summed E-state index contributed by atoms with van der Waals surface area (Å²) in [7, 11) is 0. The molecule has 0 aliphatic heterocycles. The van der Waals surface area contributed by atoms with Crippen molar-refractivity contribution >= 4 is 35.0 Å². The molecule has 0 saturated heterocycles. The van der Waals surface area contributed by atoms with E-state index < -0.39 is 11.8 Å². The molecule has 2 rings (SSSR count). The molecule has 120 valence electrons. The van der Waals surface area contributed by atoms with Gasteiger partial charge in [0, 0.05) is 23.1 Å². The van der Waals surface area contributed by atoms with Gasteiger partial charge in [0.25, 0.3) is 0 Å². The quantitative estimate of drug-likeness (QED) is 0.814. The number of amides is 2. The van der Waals surface area contributed by atoms with Crippen LogP contribution in [0.3, 0.4) is 0 Å². The van der Waals surface area contributed by atoms with Crippen molar-refractivity contribution in [3.05, 3.63) is 69.7 Å². The number of hydrogen-bond acceptors (Lipinski definition) is 2. The van der Waals surface area contributed by atoms with Crippen LogP contribution in [0.4, 0.5) is 0 Å². The number of halogens is 2. The molecule has 23 heavy (non-hydrogen) atoms. The Balaban J connectivity index is 1.72. The van der Waals surface area contributed by atoms with E-state index in [9.17, 15) is 9.59 Å². The van der Waals surface area contributed by atoms with Crippen LogP contribution in [-0.2, 0) is 22.6 Å². The zero-order chi connectivity index (χ0) is 16.7. The van der Waals surface area contributed by atoms with Crippen molar-refractivity contribution in [1.29, 1.82) is 0 Å². The maximum absolute atomic E-state index is 11.7. The smallest absolute Gasteiger partial charge is 0.309 e. The Kier molecular flexibility index (Phi) is 6.44. The summed E-state index contributed by atoms with van der Waals surface area (Å²) >= 11 is 11.7. The predicted molar refractivity (Wildman–Crippen MR) is 91.5 cm³/mol. The minimum Gasteiger partial charge on any atom is -0.348 e. The molecular formula is C17H16Cl2N2O2. The molecular weight excluding hydrogens is 335 g/mol. The highest BCUT2D eigenvalue weighted by atomic mass is 35.5. The fraction of sp³-hybridized carbons (Fsp3) is 0.176. The van der Waals surface area contributed by atoms with Gasteiger partial charge in [-0.25, -0.2) is 0 Å². The zero-order valence-electron chi connectivity index (χ0n) is 12.3. The van der Waals surface area contributed by atoms with Crippen LogP contribution >= 0.6 is 23.2 Å². The fourth-order valence-electron chi connectivity index (χ4n) is 1.96. The predicted octanol–water partition coefficient (Wildman–Crippen LogP) is 2.97.